The molecule has 0 saturated carbocycles. The van der Waals surface area contributed by atoms with Gasteiger partial charge in [0.25, 0.3) is 5.91 Å². The average Bonchev–Trinajstić information content (AvgIpc) is 2.62. The van der Waals surface area contributed by atoms with E-state index in [-0.39, 0.29) is 24.0 Å². The van der Waals surface area contributed by atoms with Crippen LogP contribution in [0.2, 0.25) is 0 Å². The fourth-order valence-electron chi connectivity index (χ4n) is 2.34. The van der Waals surface area contributed by atoms with Crippen LogP contribution in [0.3, 0.4) is 0 Å². The van der Waals surface area contributed by atoms with E-state index < -0.39 is 10.0 Å². The Hall–Kier alpha value is -2.41. The van der Waals surface area contributed by atoms with Crippen molar-refractivity contribution in [3.05, 3.63) is 65.5 Å². The van der Waals surface area contributed by atoms with Gasteiger partial charge in [0.2, 0.25) is 10.0 Å². The summed E-state index contributed by atoms with van der Waals surface area (Å²) in [7, 11) is -0.284. The third kappa shape index (κ3) is 4.36. The maximum Gasteiger partial charge on any atom is 0.253 e. The number of carbonyl (C=O) groups is 1. The number of nitrogens with zero attached hydrogens (tertiary/aromatic N) is 2. The van der Waals surface area contributed by atoms with Crippen molar-refractivity contribution in [1.82, 2.24) is 4.90 Å². The van der Waals surface area contributed by atoms with Crippen LogP contribution in [0.25, 0.3) is 0 Å². The first-order valence-electron chi connectivity index (χ1n) is 7.81. The fraction of sp³-hybridized carbons (Fsp3) is 0.278. The van der Waals surface area contributed by atoms with Crippen molar-refractivity contribution < 1.29 is 17.6 Å². The molecule has 25 heavy (non-hydrogen) atoms. The van der Waals surface area contributed by atoms with Crippen LogP contribution < -0.4 is 4.31 Å². The van der Waals surface area contributed by atoms with E-state index in [9.17, 15) is 17.6 Å². The number of hydrogen-bond acceptors (Lipinski definition) is 3. The molecule has 5 nitrogen and oxygen atoms in total. The van der Waals surface area contributed by atoms with Crippen molar-refractivity contribution in [2.75, 3.05) is 24.2 Å². The maximum absolute atomic E-state index is 13.7. The minimum Gasteiger partial charge on any atom is -0.337 e. The molecule has 2 aromatic rings. The van der Waals surface area contributed by atoms with Crippen LogP contribution >= 0.6 is 0 Å². The Morgan fingerprint density at radius 2 is 1.64 bits per heavy atom. The summed E-state index contributed by atoms with van der Waals surface area (Å²) in [4.78, 5) is 13.9. The van der Waals surface area contributed by atoms with Gasteiger partial charge < -0.3 is 4.90 Å². The van der Waals surface area contributed by atoms with E-state index in [0.29, 0.717) is 16.8 Å². The minimum atomic E-state index is -3.35. The molecule has 0 atom stereocenters. The molecule has 0 saturated heterocycles. The molecule has 2 aromatic carbocycles. The average molecular weight is 364 g/mol. The van der Waals surface area contributed by atoms with Crippen LogP contribution in [-0.4, -0.2) is 39.1 Å². The quantitative estimate of drug-likeness (QED) is 0.792. The van der Waals surface area contributed by atoms with Gasteiger partial charge in [-0.1, -0.05) is 18.2 Å². The van der Waals surface area contributed by atoms with E-state index in [1.165, 1.54) is 22.3 Å². The number of halogens is 1. The van der Waals surface area contributed by atoms with E-state index in [0.717, 1.165) is 0 Å². The minimum absolute atomic E-state index is 0.00441. The van der Waals surface area contributed by atoms with Crippen LogP contribution in [-0.2, 0) is 16.6 Å². The Morgan fingerprint density at radius 3 is 2.20 bits per heavy atom. The Morgan fingerprint density at radius 1 is 1.04 bits per heavy atom. The van der Waals surface area contributed by atoms with Gasteiger partial charge in [-0.05, 0) is 37.3 Å². The first kappa shape index (κ1) is 18.9. The summed E-state index contributed by atoms with van der Waals surface area (Å²) in [6, 6.07) is 12.6. The number of amides is 1. The highest BCUT2D eigenvalue weighted by atomic mass is 32.2. The normalized spacial score (nSPS) is 11.2. The van der Waals surface area contributed by atoms with Crippen LogP contribution in [0, 0.1) is 5.82 Å². The number of rotatable bonds is 6. The zero-order chi connectivity index (χ0) is 18.6. The highest BCUT2D eigenvalue weighted by Gasteiger charge is 2.17. The Kier molecular flexibility index (Phi) is 5.79. The van der Waals surface area contributed by atoms with Gasteiger partial charge in [0.1, 0.15) is 5.82 Å². The Bertz CT molecular complexity index is 851. The molecular weight excluding hydrogens is 343 g/mol. The van der Waals surface area contributed by atoms with Crippen LogP contribution in [0.15, 0.2) is 48.5 Å². The first-order chi connectivity index (χ1) is 11.8. The third-order valence-electron chi connectivity index (χ3n) is 3.97. The zero-order valence-corrected chi connectivity index (χ0v) is 15.3. The maximum atomic E-state index is 13.7. The van der Waals surface area contributed by atoms with Crippen molar-refractivity contribution in [1.29, 1.82) is 0 Å². The van der Waals surface area contributed by atoms with E-state index in [1.807, 2.05) is 0 Å². The summed E-state index contributed by atoms with van der Waals surface area (Å²) >= 11 is 0. The summed E-state index contributed by atoms with van der Waals surface area (Å²) in [6.45, 7) is 1.72. The predicted octanol–water partition coefficient (Wildman–Crippen LogP) is 2.88. The van der Waals surface area contributed by atoms with Gasteiger partial charge >= 0.3 is 0 Å². The number of benzene rings is 2. The van der Waals surface area contributed by atoms with Gasteiger partial charge in [-0.15, -0.1) is 0 Å². The third-order valence-corrected chi connectivity index (χ3v) is 5.75. The molecule has 0 fully saturated rings. The van der Waals surface area contributed by atoms with Crippen molar-refractivity contribution >= 4 is 21.6 Å². The smallest absolute Gasteiger partial charge is 0.253 e. The lowest BCUT2D eigenvalue weighted by molar-refractivity contribution is 0.0784. The van der Waals surface area contributed by atoms with Gasteiger partial charge in [-0.3, -0.25) is 9.10 Å². The lowest BCUT2D eigenvalue weighted by atomic mass is 10.1. The topological polar surface area (TPSA) is 57.7 Å². The summed E-state index contributed by atoms with van der Waals surface area (Å²) in [5, 5.41) is 0. The molecule has 7 heteroatoms. The standard InChI is InChI=1S/C18H21FN2O3S/c1-4-25(23,24)21(3)16-11-9-14(10-12-16)18(22)20(2)13-15-7-5-6-8-17(15)19/h5-12H,4,13H2,1-3H3. The highest BCUT2D eigenvalue weighted by molar-refractivity contribution is 7.92. The molecule has 0 spiro atoms. The van der Waals surface area contributed by atoms with Gasteiger partial charge in [0, 0.05) is 31.8 Å². The fourth-order valence-corrected chi connectivity index (χ4v) is 3.17. The number of sulfonamides is 1. The van der Waals surface area contributed by atoms with E-state index in [2.05, 4.69) is 0 Å². The van der Waals surface area contributed by atoms with Crippen molar-refractivity contribution in [3.8, 4) is 0 Å². The van der Waals surface area contributed by atoms with Gasteiger partial charge in [0.05, 0.1) is 11.4 Å². The molecule has 0 aliphatic rings. The highest BCUT2D eigenvalue weighted by Crippen LogP contribution is 2.18. The summed E-state index contributed by atoms with van der Waals surface area (Å²) in [6.07, 6.45) is 0. The molecule has 0 radical (unpaired) electrons. The lowest BCUT2D eigenvalue weighted by Crippen LogP contribution is -2.28. The van der Waals surface area contributed by atoms with Crippen molar-refractivity contribution in [2.45, 2.75) is 13.5 Å². The molecule has 0 aliphatic heterocycles. The van der Waals surface area contributed by atoms with E-state index in [1.54, 1.807) is 56.4 Å². The SMILES string of the molecule is CCS(=O)(=O)N(C)c1ccc(C(=O)N(C)Cc2ccccc2F)cc1. The second kappa shape index (κ2) is 7.65. The summed E-state index contributed by atoms with van der Waals surface area (Å²) in [5.41, 5.74) is 1.32. The summed E-state index contributed by atoms with van der Waals surface area (Å²) < 4.78 is 38.6. The number of anilines is 1. The molecule has 2 rings (SSSR count). The number of carbonyl (C=O) groups excluding carboxylic acids is 1. The molecule has 0 unspecified atom stereocenters. The molecule has 0 N–H and O–H groups in total. The Labute approximate surface area is 147 Å². The van der Waals surface area contributed by atoms with Gasteiger partial charge in [-0.25, -0.2) is 12.8 Å². The van der Waals surface area contributed by atoms with E-state index in [4.69, 9.17) is 0 Å². The van der Waals surface area contributed by atoms with Crippen molar-refractivity contribution in [2.24, 2.45) is 0 Å². The van der Waals surface area contributed by atoms with Gasteiger partial charge in [0.15, 0.2) is 0 Å². The van der Waals surface area contributed by atoms with Crippen molar-refractivity contribution in [3.63, 3.8) is 0 Å². The second-order valence-corrected chi connectivity index (χ2v) is 7.96. The molecule has 0 aromatic heterocycles. The van der Waals surface area contributed by atoms with Crippen LogP contribution in [0.4, 0.5) is 10.1 Å². The molecule has 0 bridgehead atoms. The predicted molar refractivity (Wildman–Crippen MR) is 96.5 cm³/mol. The molecule has 0 aliphatic carbocycles. The molecule has 0 heterocycles. The first-order valence-corrected chi connectivity index (χ1v) is 9.42. The van der Waals surface area contributed by atoms with Gasteiger partial charge in [-0.2, -0.15) is 0 Å². The van der Waals surface area contributed by atoms with Crippen LogP contribution in [0.1, 0.15) is 22.8 Å². The molecule has 1 amide bonds. The monoisotopic (exact) mass is 364 g/mol. The largest absolute Gasteiger partial charge is 0.337 e. The molecular formula is C18H21FN2O3S. The van der Waals surface area contributed by atoms with Crippen LogP contribution in [0.5, 0.6) is 0 Å². The zero-order valence-electron chi connectivity index (χ0n) is 14.4. The second-order valence-electron chi connectivity index (χ2n) is 5.67. The Balaban J connectivity index is 2.13. The summed E-state index contributed by atoms with van der Waals surface area (Å²) in [5.74, 6) is -0.630. The molecule has 134 valence electrons. The number of hydrogen-bond donors (Lipinski definition) is 0. The van der Waals surface area contributed by atoms with E-state index >= 15 is 0 Å². The lowest BCUT2D eigenvalue weighted by Gasteiger charge is -2.20.